The highest BCUT2D eigenvalue weighted by atomic mass is 35.5. The summed E-state index contributed by atoms with van der Waals surface area (Å²) in [7, 11) is 0. The van der Waals surface area contributed by atoms with Gasteiger partial charge in [0.1, 0.15) is 0 Å². The van der Waals surface area contributed by atoms with Gasteiger partial charge in [-0.1, -0.05) is 18.5 Å². The molecule has 0 bridgehead atoms. The quantitative estimate of drug-likeness (QED) is 0.870. The maximum atomic E-state index is 12.1. The fraction of sp³-hybridized carbons (Fsp3) is 0.667. The molecule has 0 aliphatic carbocycles. The molecule has 1 N–H and O–H groups in total. The van der Waals surface area contributed by atoms with E-state index in [9.17, 15) is 4.79 Å². The molecule has 2 rings (SSSR count). The molecular formula is C15H24ClN3OS. The number of nitrogens with one attached hydrogen (secondary N) is 1. The molecule has 1 amide bonds. The van der Waals surface area contributed by atoms with Gasteiger partial charge in [-0.15, -0.1) is 11.3 Å². The Morgan fingerprint density at radius 3 is 2.67 bits per heavy atom. The summed E-state index contributed by atoms with van der Waals surface area (Å²) in [6.45, 7) is 9.13. The SMILES string of the molecule is CCC(C)NCC(=O)N1CCN(Cc2ccc(Cl)s2)CC1. The molecule has 0 aromatic carbocycles. The van der Waals surface area contributed by atoms with Crippen molar-refractivity contribution >= 4 is 28.8 Å². The number of carbonyl (C=O) groups excluding carboxylic acids is 1. The lowest BCUT2D eigenvalue weighted by Crippen LogP contribution is -2.50. The first-order chi connectivity index (χ1) is 10.1. The monoisotopic (exact) mass is 329 g/mol. The van der Waals surface area contributed by atoms with Crippen molar-refractivity contribution in [3.63, 3.8) is 0 Å². The maximum absolute atomic E-state index is 12.1. The normalized spacial score (nSPS) is 18.0. The minimum absolute atomic E-state index is 0.217. The van der Waals surface area contributed by atoms with Crippen LogP contribution < -0.4 is 5.32 Å². The zero-order chi connectivity index (χ0) is 15.2. The van der Waals surface area contributed by atoms with E-state index in [4.69, 9.17) is 11.6 Å². The van der Waals surface area contributed by atoms with E-state index in [-0.39, 0.29) is 5.91 Å². The third-order valence-electron chi connectivity index (χ3n) is 3.95. The molecule has 0 saturated carbocycles. The Morgan fingerprint density at radius 2 is 2.10 bits per heavy atom. The smallest absolute Gasteiger partial charge is 0.236 e. The number of nitrogens with zero attached hydrogens (tertiary/aromatic N) is 2. The number of piperazine rings is 1. The molecule has 1 aliphatic heterocycles. The Bertz CT molecular complexity index is 458. The lowest BCUT2D eigenvalue weighted by Gasteiger charge is -2.34. The van der Waals surface area contributed by atoms with Crippen molar-refractivity contribution in [1.29, 1.82) is 0 Å². The summed E-state index contributed by atoms with van der Waals surface area (Å²) in [5.41, 5.74) is 0. The third-order valence-corrected chi connectivity index (χ3v) is 5.16. The van der Waals surface area contributed by atoms with Gasteiger partial charge in [0.05, 0.1) is 10.9 Å². The van der Waals surface area contributed by atoms with Crippen LogP contribution >= 0.6 is 22.9 Å². The summed E-state index contributed by atoms with van der Waals surface area (Å²) in [6.07, 6.45) is 1.05. The Kier molecular flexibility index (Phi) is 6.48. The zero-order valence-corrected chi connectivity index (χ0v) is 14.3. The van der Waals surface area contributed by atoms with Gasteiger partial charge in [0.25, 0.3) is 0 Å². The fourth-order valence-corrected chi connectivity index (χ4v) is 3.46. The second-order valence-electron chi connectivity index (χ2n) is 5.55. The second-order valence-corrected chi connectivity index (χ2v) is 7.35. The van der Waals surface area contributed by atoms with Crippen LogP contribution in [0.2, 0.25) is 4.34 Å². The van der Waals surface area contributed by atoms with Crippen LogP contribution in [0, 0.1) is 0 Å². The molecule has 1 fully saturated rings. The van der Waals surface area contributed by atoms with Crippen molar-refractivity contribution in [1.82, 2.24) is 15.1 Å². The van der Waals surface area contributed by atoms with E-state index in [0.29, 0.717) is 12.6 Å². The average Bonchev–Trinajstić information content (AvgIpc) is 2.90. The average molecular weight is 330 g/mol. The van der Waals surface area contributed by atoms with Crippen LogP contribution in [0.1, 0.15) is 25.1 Å². The van der Waals surface area contributed by atoms with Crippen molar-refractivity contribution in [3.8, 4) is 0 Å². The molecule has 0 spiro atoms. The first-order valence-electron chi connectivity index (χ1n) is 7.56. The van der Waals surface area contributed by atoms with E-state index in [0.717, 1.165) is 43.5 Å². The molecule has 1 aliphatic rings. The Balaban J connectivity index is 1.71. The molecule has 1 atom stereocenters. The number of carbonyl (C=O) groups is 1. The van der Waals surface area contributed by atoms with Crippen LogP contribution in [0.5, 0.6) is 0 Å². The van der Waals surface area contributed by atoms with Crippen molar-refractivity contribution in [2.75, 3.05) is 32.7 Å². The van der Waals surface area contributed by atoms with Crippen molar-refractivity contribution in [3.05, 3.63) is 21.3 Å². The van der Waals surface area contributed by atoms with Gasteiger partial charge in [-0.05, 0) is 25.5 Å². The zero-order valence-electron chi connectivity index (χ0n) is 12.8. The molecule has 0 radical (unpaired) electrons. The third kappa shape index (κ3) is 5.25. The highest BCUT2D eigenvalue weighted by Crippen LogP contribution is 2.23. The van der Waals surface area contributed by atoms with Gasteiger partial charge >= 0.3 is 0 Å². The topological polar surface area (TPSA) is 35.6 Å². The number of hydrogen-bond acceptors (Lipinski definition) is 4. The summed E-state index contributed by atoms with van der Waals surface area (Å²) < 4.78 is 0.843. The van der Waals surface area contributed by atoms with E-state index in [1.807, 2.05) is 11.0 Å². The summed E-state index contributed by atoms with van der Waals surface area (Å²) in [5.74, 6) is 0.217. The van der Waals surface area contributed by atoms with E-state index < -0.39 is 0 Å². The lowest BCUT2D eigenvalue weighted by molar-refractivity contribution is -0.132. The largest absolute Gasteiger partial charge is 0.339 e. The Hall–Kier alpha value is -0.620. The van der Waals surface area contributed by atoms with Gasteiger partial charge in [0.2, 0.25) is 5.91 Å². The van der Waals surface area contributed by atoms with Gasteiger partial charge in [-0.2, -0.15) is 0 Å². The number of hydrogen-bond donors (Lipinski definition) is 1. The Labute approximate surface area is 136 Å². The van der Waals surface area contributed by atoms with Crippen LogP contribution in [0.4, 0.5) is 0 Å². The first-order valence-corrected chi connectivity index (χ1v) is 8.75. The first kappa shape index (κ1) is 16.7. The van der Waals surface area contributed by atoms with Gasteiger partial charge in [0, 0.05) is 43.6 Å². The lowest BCUT2D eigenvalue weighted by atomic mass is 10.2. The summed E-state index contributed by atoms with van der Waals surface area (Å²) in [4.78, 5) is 17.8. The predicted molar refractivity (Wildman–Crippen MR) is 88.9 cm³/mol. The molecule has 6 heteroatoms. The standard InChI is InChI=1S/C15H24ClN3OS/c1-3-12(2)17-10-15(20)19-8-6-18(7-9-19)11-13-4-5-14(16)21-13/h4-5,12,17H,3,6-11H2,1-2H3. The van der Waals surface area contributed by atoms with Crippen molar-refractivity contribution in [2.24, 2.45) is 0 Å². The maximum Gasteiger partial charge on any atom is 0.236 e. The Morgan fingerprint density at radius 1 is 1.38 bits per heavy atom. The van der Waals surface area contributed by atoms with E-state index >= 15 is 0 Å². The highest BCUT2D eigenvalue weighted by molar-refractivity contribution is 7.16. The molecule has 1 aromatic rings. The van der Waals surface area contributed by atoms with E-state index in [1.54, 1.807) is 11.3 Å². The van der Waals surface area contributed by atoms with Crippen LogP contribution in [0.25, 0.3) is 0 Å². The molecule has 1 unspecified atom stereocenters. The van der Waals surface area contributed by atoms with Crippen molar-refractivity contribution < 1.29 is 4.79 Å². The minimum Gasteiger partial charge on any atom is -0.339 e. The second kappa shape index (κ2) is 8.13. The van der Waals surface area contributed by atoms with Crippen LogP contribution in [0.15, 0.2) is 12.1 Å². The van der Waals surface area contributed by atoms with Crippen LogP contribution in [0.3, 0.4) is 0 Å². The molecule has 118 valence electrons. The van der Waals surface area contributed by atoms with E-state index in [1.165, 1.54) is 4.88 Å². The van der Waals surface area contributed by atoms with Gasteiger partial charge in [-0.3, -0.25) is 9.69 Å². The van der Waals surface area contributed by atoms with Gasteiger partial charge < -0.3 is 10.2 Å². The van der Waals surface area contributed by atoms with E-state index in [2.05, 4.69) is 30.1 Å². The summed E-state index contributed by atoms with van der Waals surface area (Å²) in [5, 5.41) is 3.27. The molecular weight excluding hydrogens is 306 g/mol. The fourth-order valence-electron chi connectivity index (χ4n) is 2.33. The molecule has 4 nitrogen and oxygen atoms in total. The summed E-state index contributed by atoms with van der Waals surface area (Å²) in [6, 6.07) is 4.43. The van der Waals surface area contributed by atoms with Crippen LogP contribution in [-0.4, -0.2) is 54.5 Å². The molecule has 2 heterocycles. The predicted octanol–water partition coefficient (Wildman–Crippen LogP) is 2.43. The number of thiophene rings is 1. The summed E-state index contributed by atoms with van der Waals surface area (Å²) >= 11 is 7.59. The van der Waals surface area contributed by atoms with Gasteiger partial charge in [-0.25, -0.2) is 0 Å². The molecule has 1 saturated heterocycles. The van der Waals surface area contributed by atoms with Crippen LogP contribution in [-0.2, 0) is 11.3 Å². The van der Waals surface area contributed by atoms with Crippen molar-refractivity contribution in [2.45, 2.75) is 32.9 Å². The number of amides is 1. The highest BCUT2D eigenvalue weighted by Gasteiger charge is 2.21. The van der Waals surface area contributed by atoms with Gasteiger partial charge in [0.15, 0.2) is 0 Å². The molecule has 1 aromatic heterocycles. The minimum atomic E-state index is 0.217. The molecule has 21 heavy (non-hydrogen) atoms. The number of rotatable bonds is 6. The number of halogens is 1.